The van der Waals surface area contributed by atoms with Crippen LogP contribution in [0.4, 0.5) is 0 Å². The van der Waals surface area contributed by atoms with Crippen LogP contribution in [-0.4, -0.2) is 27.7 Å². The molecule has 0 bridgehead atoms. The number of benzene rings is 2. The molecule has 2 atom stereocenters. The van der Waals surface area contributed by atoms with E-state index in [1.54, 1.807) is 25.3 Å². The summed E-state index contributed by atoms with van der Waals surface area (Å²) in [5, 5.41) is 9.35. The molecule has 3 aromatic rings. The summed E-state index contributed by atoms with van der Waals surface area (Å²) in [6, 6.07) is 19.5. The lowest BCUT2D eigenvalue weighted by molar-refractivity contribution is -0.137. The van der Waals surface area contributed by atoms with Crippen molar-refractivity contribution < 1.29 is 19.2 Å². The first-order valence-corrected chi connectivity index (χ1v) is 10.2. The van der Waals surface area contributed by atoms with Gasteiger partial charge in [-0.3, -0.25) is 4.79 Å². The van der Waals surface area contributed by atoms with Gasteiger partial charge < -0.3 is 14.4 Å². The third-order valence-electron chi connectivity index (χ3n) is 4.38. The first-order chi connectivity index (χ1) is 14.0. The summed E-state index contributed by atoms with van der Waals surface area (Å²) >= 11 is -1.54. The van der Waals surface area contributed by atoms with Crippen LogP contribution < -0.4 is 9.46 Å². The number of hydrogen-bond donors (Lipinski definition) is 2. The third-order valence-corrected chi connectivity index (χ3v) is 5.58. The second kappa shape index (κ2) is 9.56. The molecule has 0 aliphatic heterocycles. The van der Waals surface area contributed by atoms with Crippen LogP contribution in [0, 0.1) is 6.92 Å². The number of pyridine rings is 1. The molecular weight excluding hydrogens is 388 g/mol. The highest BCUT2D eigenvalue weighted by Gasteiger charge is 2.23. The molecule has 0 fully saturated rings. The van der Waals surface area contributed by atoms with Gasteiger partial charge in [-0.1, -0.05) is 42.0 Å². The van der Waals surface area contributed by atoms with E-state index in [2.05, 4.69) is 9.71 Å². The summed E-state index contributed by atoms with van der Waals surface area (Å²) in [5.74, 6) is -0.484. The first kappa shape index (κ1) is 20.9. The normalized spacial score (nSPS) is 12.9. The summed E-state index contributed by atoms with van der Waals surface area (Å²) in [6.07, 6.45) is -0.202. The van der Waals surface area contributed by atoms with Crippen molar-refractivity contribution in [2.45, 2.75) is 24.3 Å². The number of aliphatic carboxylic acids is 1. The van der Waals surface area contributed by atoms with E-state index in [0.29, 0.717) is 16.5 Å². The molecule has 0 saturated carbocycles. The lowest BCUT2D eigenvalue weighted by atomic mass is 10.0. The van der Waals surface area contributed by atoms with Gasteiger partial charge in [0.25, 0.3) is 0 Å². The van der Waals surface area contributed by atoms with Gasteiger partial charge in [0.2, 0.25) is 5.88 Å². The second-order valence-corrected chi connectivity index (χ2v) is 7.79. The van der Waals surface area contributed by atoms with Crippen molar-refractivity contribution in [2.24, 2.45) is 0 Å². The van der Waals surface area contributed by atoms with Crippen LogP contribution >= 0.6 is 0 Å². The molecule has 150 valence electrons. The summed E-state index contributed by atoms with van der Waals surface area (Å²) in [5.41, 5.74) is 3.31. The SMILES string of the molecule is COc1cccc(-c2cccc([C@H](CC(=O)O)N[S+]([O-])c3ccc(C)cc3)c2)n1. The first-order valence-electron chi connectivity index (χ1n) is 9.04. The van der Waals surface area contributed by atoms with Crippen LogP contribution in [0.1, 0.15) is 23.6 Å². The number of carboxylic acids is 1. The Morgan fingerprint density at radius 2 is 1.90 bits per heavy atom. The van der Waals surface area contributed by atoms with E-state index >= 15 is 0 Å². The zero-order valence-corrected chi connectivity index (χ0v) is 17.0. The van der Waals surface area contributed by atoms with Gasteiger partial charge in [0.15, 0.2) is 4.90 Å². The Kier molecular flexibility index (Phi) is 6.87. The topological polar surface area (TPSA) is 94.5 Å². The lowest BCUT2D eigenvalue weighted by Crippen LogP contribution is -2.30. The van der Waals surface area contributed by atoms with E-state index < -0.39 is 23.4 Å². The lowest BCUT2D eigenvalue weighted by Gasteiger charge is -2.19. The van der Waals surface area contributed by atoms with Crippen LogP contribution in [0.3, 0.4) is 0 Å². The molecule has 0 aliphatic rings. The molecule has 0 saturated heterocycles. The van der Waals surface area contributed by atoms with Gasteiger partial charge >= 0.3 is 5.97 Å². The monoisotopic (exact) mass is 410 g/mol. The molecule has 1 aromatic heterocycles. The Morgan fingerprint density at radius 1 is 1.17 bits per heavy atom. The number of hydrogen-bond acceptors (Lipinski definition) is 5. The highest BCUT2D eigenvalue weighted by Crippen LogP contribution is 2.26. The predicted molar refractivity (Wildman–Crippen MR) is 112 cm³/mol. The number of aromatic nitrogens is 1. The van der Waals surface area contributed by atoms with Crippen molar-refractivity contribution in [3.05, 3.63) is 77.9 Å². The third kappa shape index (κ3) is 5.57. The average Bonchev–Trinajstić information content (AvgIpc) is 2.73. The molecular formula is C22H22N2O4S. The number of rotatable bonds is 8. The van der Waals surface area contributed by atoms with Crippen molar-refractivity contribution in [2.75, 3.05) is 7.11 Å². The van der Waals surface area contributed by atoms with Gasteiger partial charge in [0.05, 0.1) is 36.6 Å². The van der Waals surface area contributed by atoms with Crippen LogP contribution in [-0.2, 0) is 16.2 Å². The molecule has 0 radical (unpaired) electrons. The zero-order chi connectivity index (χ0) is 20.8. The van der Waals surface area contributed by atoms with E-state index in [0.717, 1.165) is 16.7 Å². The largest absolute Gasteiger partial charge is 0.593 e. The Labute approximate surface area is 172 Å². The molecule has 0 amide bonds. The van der Waals surface area contributed by atoms with Crippen LogP contribution in [0.2, 0.25) is 0 Å². The van der Waals surface area contributed by atoms with E-state index in [9.17, 15) is 14.5 Å². The van der Waals surface area contributed by atoms with Crippen LogP contribution in [0.15, 0.2) is 71.6 Å². The summed E-state index contributed by atoms with van der Waals surface area (Å²) in [7, 11) is 1.55. The average molecular weight is 410 g/mol. The van der Waals surface area contributed by atoms with Crippen molar-refractivity contribution in [3.63, 3.8) is 0 Å². The smallest absolute Gasteiger partial charge is 0.305 e. The number of nitrogens with one attached hydrogen (secondary N) is 1. The van der Waals surface area contributed by atoms with Gasteiger partial charge in [-0.25, -0.2) is 4.98 Å². The van der Waals surface area contributed by atoms with Crippen LogP contribution in [0.25, 0.3) is 11.3 Å². The predicted octanol–water partition coefficient (Wildman–Crippen LogP) is 3.89. The molecule has 0 aliphatic carbocycles. The van der Waals surface area contributed by atoms with Crippen molar-refractivity contribution >= 4 is 17.3 Å². The quantitative estimate of drug-likeness (QED) is 0.547. The van der Waals surface area contributed by atoms with Gasteiger partial charge in [0, 0.05) is 11.6 Å². The molecule has 3 rings (SSSR count). The van der Waals surface area contributed by atoms with Crippen molar-refractivity contribution in [1.82, 2.24) is 9.71 Å². The number of carboxylic acid groups (broad SMARTS) is 1. The minimum absolute atomic E-state index is 0.202. The number of methoxy groups -OCH3 is 1. The molecule has 1 unspecified atom stereocenters. The second-order valence-electron chi connectivity index (χ2n) is 6.54. The van der Waals surface area contributed by atoms with Gasteiger partial charge in [-0.05, 0) is 36.8 Å². The molecule has 1 heterocycles. The standard InChI is InChI=1S/C22H22N2O4S/c1-15-9-11-18(12-10-15)29(27)24-20(14-22(25)26)17-6-3-5-16(13-17)19-7-4-8-21(23-19)28-2/h3-13,20,24H,14H2,1-2H3,(H,25,26)/t20-,29?/m0/s1. The molecule has 2 aromatic carbocycles. The van der Waals surface area contributed by atoms with E-state index in [-0.39, 0.29) is 6.42 Å². The number of ether oxygens (including phenoxy) is 1. The number of aryl methyl sites for hydroxylation is 1. The maximum atomic E-state index is 12.7. The highest BCUT2D eigenvalue weighted by atomic mass is 32.2. The zero-order valence-electron chi connectivity index (χ0n) is 16.2. The fraction of sp³-hybridized carbons (Fsp3) is 0.182. The Hall–Kier alpha value is -2.87. The fourth-order valence-corrected chi connectivity index (χ4v) is 3.86. The molecule has 0 spiro atoms. The molecule has 6 nitrogen and oxygen atoms in total. The highest BCUT2D eigenvalue weighted by molar-refractivity contribution is 7.89. The summed E-state index contributed by atoms with van der Waals surface area (Å²) in [4.78, 5) is 16.4. The minimum atomic E-state index is -1.54. The Morgan fingerprint density at radius 3 is 2.59 bits per heavy atom. The summed E-state index contributed by atoms with van der Waals surface area (Å²) < 4.78 is 20.9. The summed E-state index contributed by atoms with van der Waals surface area (Å²) in [6.45, 7) is 1.95. The van der Waals surface area contributed by atoms with Crippen molar-refractivity contribution in [3.8, 4) is 17.1 Å². The molecule has 7 heteroatoms. The maximum Gasteiger partial charge on any atom is 0.305 e. The van der Waals surface area contributed by atoms with Gasteiger partial charge in [-0.2, -0.15) is 0 Å². The van der Waals surface area contributed by atoms with Crippen molar-refractivity contribution in [1.29, 1.82) is 0 Å². The van der Waals surface area contributed by atoms with Gasteiger partial charge in [-0.15, -0.1) is 4.72 Å². The van der Waals surface area contributed by atoms with E-state index in [4.69, 9.17) is 4.74 Å². The fourth-order valence-electron chi connectivity index (χ4n) is 2.87. The van der Waals surface area contributed by atoms with E-state index in [1.165, 1.54) is 0 Å². The Balaban J connectivity index is 1.88. The van der Waals surface area contributed by atoms with Gasteiger partial charge in [0.1, 0.15) is 0 Å². The van der Waals surface area contributed by atoms with Crippen LogP contribution in [0.5, 0.6) is 5.88 Å². The molecule has 2 N–H and O–H groups in total. The Bertz CT molecular complexity index is 979. The minimum Gasteiger partial charge on any atom is -0.593 e. The maximum absolute atomic E-state index is 12.7. The van der Waals surface area contributed by atoms with E-state index in [1.807, 2.05) is 55.5 Å². The molecule has 29 heavy (non-hydrogen) atoms. The number of carbonyl (C=O) groups is 1. The number of nitrogens with zero attached hydrogens (tertiary/aromatic N) is 1.